The average Bonchev–Trinajstić information content (AvgIpc) is 2.02. The molecule has 0 saturated carbocycles. The first-order valence-electron chi connectivity index (χ1n) is 3.60. The Labute approximate surface area is 79.9 Å². The molecule has 1 aromatic rings. The lowest BCUT2D eigenvalue weighted by Gasteiger charge is -2.02. The Kier molecular flexibility index (Phi) is 2.57. The van der Waals surface area contributed by atoms with Crippen molar-refractivity contribution in [2.45, 2.75) is 11.8 Å². The monoisotopic (exact) mass is 218 g/mol. The topological polar surface area (TPSA) is 71.4 Å². The number of aryl methyl sites for hydroxylation is 1. The summed E-state index contributed by atoms with van der Waals surface area (Å²) >= 11 is 0. The molecule has 0 radical (unpaired) electrons. The van der Waals surface area contributed by atoms with Crippen molar-refractivity contribution in [1.82, 2.24) is 0 Å². The number of carboxylic acid groups (broad SMARTS) is 1. The summed E-state index contributed by atoms with van der Waals surface area (Å²) in [4.78, 5) is 9.99. The number of sulfone groups is 1. The van der Waals surface area contributed by atoms with Crippen LogP contribution < -0.4 is 0 Å². The molecule has 0 unspecified atom stereocenters. The van der Waals surface area contributed by atoms with Gasteiger partial charge in [-0.05, 0) is 30.7 Å². The van der Waals surface area contributed by atoms with Gasteiger partial charge < -0.3 is 5.11 Å². The summed E-state index contributed by atoms with van der Waals surface area (Å²) in [5.74, 6) is -0.605. The van der Waals surface area contributed by atoms with Crippen molar-refractivity contribution in [1.29, 1.82) is 0 Å². The largest absolute Gasteiger partial charge is 0.469 e. The highest BCUT2D eigenvalue weighted by atomic mass is 32.2. The summed E-state index contributed by atoms with van der Waals surface area (Å²) in [5.41, 5.74) is 0.0763. The Morgan fingerprint density at radius 1 is 1.43 bits per heavy atom. The van der Waals surface area contributed by atoms with Gasteiger partial charge in [-0.2, -0.15) is 0 Å². The maximum Gasteiger partial charge on any atom is 0.427 e. The van der Waals surface area contributed by atoms with Gasteiger partial charge in [-0.15, -0.1) is 0 Å². The Balaban J connectivity index is 3.42. The van der Waals surface area contributed by atoms with Gasteiger partial charge in [0.05, 0.1) is 4.90 Å². The summed E-state index contributed by atoms with van der Waals surface area (Å²) in [7, 11) is -4.37. The zero-order valence-corrected chi connectivity index (χ0v) is 8.01. The van der Waals surface area contributed by atoms with Crippen LogP contribution in [0.4, 0.5) is 9.18 Å². The van der Waals surface area contributed by atoms with Gasteiger partial charge in [0.1, 0.15) is 5.82 Å². The summed E-state index contributed by atoms with van der Waals surface area (Å²) < 4.78 is 34.9. The molecule has 0 aromatic heterocycles. The molecule has 1 rings (SSSR count). The predicted octanol–water partition coefficient (Wildman–Crippen LogP) is 1.59. The summed E-state index contributed by atoms with van der Waals surface area (Å²) in [6.07, 6.45) is 0. The first kappa shape index (κ1) is 10.6. The Bertz CT molecular complexity index is 478. The molecule has 0 heterocycles. The van der Waals surface area contributed by atoms with Gasteiger partial charge in [-0.3, -0.25) is 0 Å². The highest BCUT2D eigenvalue weighted by molar-refractivity contribution is 8.05. The lowest BCUT2D eigenvalue weighted by Crippen LogP contribution is -2.13. The van der Waals surface area contributed by atoms with Crippen molar-refractivity contribution in [2.75, 3.05) is 0 Å². The Morgan fingerprint density at radius 2 is 2.00 bits per heavy atom. The number of rotatable bonds is 1. The summed E-state index contributed by atoms with van der Waals surface area (Å²) in [6, 6.07) is 2.81. The number of carbonyl (C=O) groups is 1. The average molecular weight is 218 g/mol. The maximum atomic E-state index is 12.6. The minimum atomic E-state index is -4.37. The molecule has 6 heteroatoms. The van der Waals surface area contributed by atoms with E-state index in [1.165, 1.54) is 6.92 Å². The quantitative estimate of drug-likeness (QED) is 0.726. The first-order valence-corrected chi connectivity index (χ1v) is 5.08. The molecule has 0 atom stereocenters. The fraction of sp³-hybridized carbons (Fsp3) is 0.125. The molecule has 0 aliphatic rings. The predicted molar refractivity (Wildman–Crippen MR) is 46.3 cm³/mol. The van der Waals surface area contributed by atoms with Crippen LogP contribution in [-0.2, 0) is 9.84 Å². The third kappa shape index (κ3) is 1.74. The van der Waals surface area contributed by atoms with E-state index in [2.05, 4.69) is 0 Å². The van der Waals surface area contributed by atoms with E-state index in [0.717, 1.165) is 18.2 Å². The van der Waals surface area contributed by atoms with Gasteiger partial charge in [-0.25, -0.2) is 17.6 Å². The van der Waals surface area contributed by atoms with Crippen LogP contribution in [0.3, 0.4) is 0 Å². The molecule has 0 spiro atoms. The van der Waals surface area contributed by atoms with Crippen LogP contribution in [0.15, 0.2) is 23.1 Å². The van der Waals surface area contributed by atoms with Gasteiger partial charge in [0.15, 0.2) is 0 Å². The van der Waals surface area contributed by atoms with E-state index in [0.29, 0.717) is 0 Å². The van der Waals surface area contributed by atoms with Gasteiger partial charge in [-0.1, -0.05) is 0 Å². The zero-order valence-electron chi connectivity index (χ0n) is 7.19. The summed E-state index contributed by atoms with van der Waals surface area (Å²) in [5, 5.41) is 6.47. The molecule has 14 heavy (non-hydrogen) atoms. The number of benzene rings is 1. The van der Waals surface area contributed by atoms with E-state index in [1.807, 2.05) is 0 Å². The van der Waals surface area contributed by atoms with E-state index in [1.54, 1.807) is 0 Å². The van der Waals surface area contributed by atoms with Crippen LogP contribution >= 0.6 is 0 Å². The van der Waals surface area contributed by atoms with Gasteiger partial charge in [0.2, 0.25) is 0 Å². The smallest absolute Gasteiger partial charge is 0.427 e. The number of halogens is 1. The molecule has 0 aliphatic heterocycles. The van der Waals surface area contributed by atoms with Crippen molar-refractivity contribution in [3.05, 3.63) is 29.6 Å². The normalized spacial score (nSPS) is 11.3. The van der Waals surface area contributed by atoms with E-state index in [4.69, 9.17) is 5.11 Å². The molecule has 1 aromatic carbocycles. The number of hydrogen-bond acceptors (Lipinski definition) is 3. The second-order valence-electron chi connectivity index (χ2n) is 2.68. The van der Waals surface area contributed by atoms with Gasteiger partial charge in [0, 0.05) is 0 Å². The van der Waals surface area contributed by atoms with Crippen molar-refractivity contribution in [2.24, 2.45) is 0 Å². The Morgan fingerprint density at radius 3 is 2.43 bits per heavy atom. The standard InChI is InChI=1S/C8H7FO4S/c1-5-4-6(9)2-3-7(5)14(12,13)8(10)11/h2-4H,1H3,(H,10,11). The molecule has 0 aliphatic carbocycles. The highest BCUT2D eigenvalue weighted by Gasteiger charge is 2.25. The zero-order chi connectivity index (χ0) is 10.9. The van der Waals surface area contributed by atoms with Gasteiger partial charge >= 0.3 is 5.30 Å². The number of hydrogen-bond donors (Lipinski definition) is 1. The van der Waals surface area contributed by atoms with Crippen LogP contribution in [0.2, 0.25) is 0 Å². The van der Waals surface area contributed by atoms with Crippen LogP contribution in [0.25, 0.3) is 0 Å². The second-order valence-corrected chi connectivity index (χ2v) is 4.48. The molecule has 0 saturated heterocycles. The van der Waals surface area contributed by atoms with Crippen molar-refractivity contribution in [3.63, 3.8) is 0 Å². The lowest BCUT2D eigenvalue weighted by molar-refractivity contribution is 0.219. The SMILES string of the molecule is Cc1cc(F)ccc1S(=O)(=O)C(=O)O. The third-order valence-electron chi connectivity index (χ3n) is 1.66. The fourth-order valence-corrected chi connectivity index (χ4v) is 1.93. The molecular weight excluding hydrogens is 211 g/mol. The maximum absolute atomic E-state index is 12.6. The minimum absolute atomic E-state index is 0.0763. The van der Waals surface area contributed by atoms with Crippen molar-refractivity contribution >= 4 is 15.1 Å². The third-order valence-corrected chi connectivity index (χ3v) is 3.15. The van der Waals surface area contributed by atoms with Crippen molar-refractivity contribution in [3.8, 4) is 0 Å². The van der Waals surface area contributed by atoms with E-state index >= 15 is 0 Å². The highest BCUT2D eigenvalue weighted by Crippen LogP contribution is 2.17. The van der Waals surface area contributed by atoms with E-state index in [9.17, 15) is 17.6 Å². The van der Waals surface area contributed by atoms with Crippen LogP contribution in [0.5, 0.6) is 0 Å². The minimum Gasteiger partial charge on any atom is -0.469 e. The molecule has 4 nitrogen and oxygen atoms in total. The van der Waals surface area contributed by atoms with Crippen LogP contribution in [-0.4, -0.2) is 18.8 Å². The second kappa shape index (κ2) is 3.38. The van der Waals surface area contributed by atoms with Crippen LogP contribution in [0.1, 0.15) is 5.56 Å². The molecule has 0 bridgehead atoms. The summed E-state index contributed by atoms with van der Waals surface area (Å²) in [6.45, 7) is 1.33. The molecule has 76 valence electrons. The Hall–Kier alpha value is -1.43. The van der Waals surface area contributed by atoms with Crippen LogP contribution in [0, 0.1) is 12.7 Å². The van der Waals surface area contributed by atoms with E-state index in [-0.39, 0.29) is 10.5 Å². The van der Waals surface area contributed by atoms with E-state index < -0.39 is 21.0 Å². The first-order chi connectivity index (χ1) is 6.35. The van der Waals surface area contributed by atoms with Crippen molar-refractivity contribution < 1.29 is 22.7 Å². The molecule has 0 fully saturated rings. The lowest BCUT2D eigenvalue weighted by atomic mass is 10.2. The molecular formula is C8H7FO4S. The fourth-order valence-electron chi connectivity index (χ4n) is 1.01. The molecule has 1 N–H and O–H groups in total. The van der Waals surface area contributed by atoms with Gasteiger partial charge in [0.25, 0.3) is 9.84 Å². The molecule has 0 amide bonds.